The average molecular weight is 536 g/mol. The maximum atomic E-state index is 13.2. The third-order valence-electron chi connectivity index (χ3n) is 7.73. The number of likely N-dealkylation sites (tertiary alicyclic amines) is 1. The number of likely N-dealkylation sites (N-methyl/N-ethyl adjacent to an activating group) is 2. The van der Waals surface area contributed by atoms with Crippen LogP contribution in [0.3, 0.4) is 0 Å². The maximum Gasteiger partial charge on any atom is 0.236 e. The molecule has 34 heavy (non-hydrogen) atoms. The Balaban J connectivity index is 1.41. The van der Waals surface area contributed by atoms with Gasteiger partial charge in [-0.1, -0.05) is 34.8 Å². The number of benzene rings is 1. The minimum Gasteiger partial charge on any atom is -0.490 e. The molecule has 0 unspecified atom stereocenters. The van der Waals surface area contributed by atoms with E-state index in [2.05, 4.69) is 39.8 Å². The lowest BCUT2D eigenvalue weighted by atomic mass is 9.90. The number of nitrogens with zero attached hydrogens (tertiary/aromatic N) is 4. The zero-order valence-corrected chi connectivity index (χ0v) is 22.2. The summed E-state index contributed by atoms with van der Waals surface area (Å²) < 4.78 is 7.36. The number of hydrogen-bond acceptors (Lipinski definition) is 5. The topological polar surface area (TPSA) is 56.3 Å². The first-order chi connectivity index (χ1) is 16.4. The Morgan fingerprint density at radius 2 is 1.76 bits per heavy atom. The number of carbonyl (C=O) groups excluding carboxylic acids is 2. The number of amides is 2. The number of halogens is 1. The van der Waals surface area contributed by atoms with Gasteiger partial charge in [0.05, 0.1) is 6.54 Å². The minimum absolute atomic E-state index is 0.0133. The van der Waals surface area contributed by atoms with E-state index >= 15 is 0 Å². The van der Waals surface area contributed by atoms with Crippen molar-refractivity contribution in [3.8, 4) is 5.75 Å². The van der Waals surface area contributed by atoms with Crippen molar-refractivity contribution in [3.05, 3.63) is 28.7 Å². The summed E-state index contributed by atoms with van der Waals surface area (Å²) in [5.41, 5.74) is 0. The van der Waals surface area contributed by atoms with Crippen molar-refractivity contribution in [1.82, 2.24) is 19.6 Å². The monoisotopic (exact) mass is 534 g/mol. The fourth-order valence-corrected chi connectivity index (χ4v) is 5.88. The first-order valence-electron chi connectivity index (χ1n) is 12.8. The largest absolute Gasteiger partial charge is 0.490 e. The summed E-state index contributed by atoms with van der Waals surface area (Å²) in [6.45, 7) is 5.08. The van der Waals surface area contributed by atoms with E-state index in [9.17, 15) is 9.59 Å². The van der Waals surface area contributed by atoms with Gasteiger partial charge in [0.2, 0.25) is 11.8 Å². The molecule has 0 bridgehead atoms. The lowest BCUT2D eigenvalue weighted by Gasteiger charge is -2.40. The van der Waals surface area contributed by atoms with Crippen molar-refractivity contribution < 1.29 is 14.3 Å². The highest BCUT2D eigenvalue weighted by molar-refractivity contribution is 9.10. The van der Waals surface area contributed by atoms with E-state index in [-0.39, 0.29) is 23.8 Å². The Morgan fingerprint density at radius 1 is 1.03 bits per heavy atom. The molecule has 0 aromatic heterocycles. The Hall–Kier alpha value is -1.64. The van der Waals surface area contributed by atoms with Crippen LogP contribution in [0.5, 0.6) is 5.75 Å². The molecule has 3 aliphatic rings. The van der Waals surface area contributed by atoms with Crippen LogP contribution in [0.25, 0.3) is 0 Å². The molecule has 7 nitrogen and oxygen atoms in total. The molecule has 2 aliphatic heterocycles. The third-order valence-corrected chi connectivity index (χ3v) is 8.22. The Morgan fingerprint density at radius 3 is 2.47 bits per heavy atom. The summed E-state index contributed by atoms with van der Waals surface area (Å²) in [5, 5.41) is 0. The predicted molar refractivity (Wildman–Crippen MR) is 137 cm³/mol. The van der Waals surface area contributed by atoms with Crippen LogP contribution < -0.4 is 4.74 Å². The Labute approximate surface area is 212 Å². The van der Waals surface area contributed by atoms with Crippen molar-refractivity contribution in [1.29, 1.82) is 0 Å². The summed E-state index contributed by atoms with van der Waals surface area (Å²) in [4.78, 5) is 34.8. The molecule has 0 radical (unpaired) electrons. The molecule has 2 amide bonds. The highest BCUT2D eigenvalue weighted by Gasteiger charge is 2.36. The summed E-state index contributed by atoms with van der Waals surface area (Å²) in [6, 6.07) is 8.38. The van der Waals surface area contributed by atoms with Gasteiger partial charge in [-0.25, -0.2) is 0 Å². The summed E-state index contributed by atoms with van der Waals surface area (Å²) >= 11 is 3.52. The first-order valence-corrected chi connectivity index (χ1v) is 13.5. The molecule has 2 saturated heterocycles. The second-order valence-corrected chi connectivity index (χ2v) is 11.2. The highest BCUT2D eigenvalue weighted by Crippen LogP contribution is 2.29. The van der Waals surface area contributed by atoms with Crippen LogP contribution in [-0.4, -0.2) is 103 Å². The van der Waals surface area contributed by atoms with Crippen LogP contribution in [0.2, 0.25) is 0 Å². The van der Waals surface area contributed by atoms with Crippen LogP contribution in [0.4, 0.5) is 0 Å². The maximum absolute atomic E-state index is 13.2. The molecule has 188 valence electrons. The Kier molecular flexibility index (Phi) is 8.88. The standard InChI is InChI=1S/C26H39BrN4O3/c1-28-12-14-30(15-13-28)25(32)16-20-18-31(26(33)19-29(2)22-7-3-4-8-22)11-10-24(20)34-23-9-5-6-21(27)17-23/h5-6,9,17,20,22,24H,3-4,7-8,10-16,18-19H2,1-2H3/t20-,24-/m0/s1. The molecule has 1 aliphatic carbocycles. The minimum atomic E-state index is -0.0812. The number of piperazine rings is 1. The molecule has 2 atom stereocenters. The van der Waals surface area contributed by atoms with E-state index in [4.69, 9.17) is 4.74 Å². The smallest absolute Gasteiger partial charge is 0.236 e. The number of ether oxygens (including phenoxy) is 1. The van der Waals surface area contributed by atoms with Gasteiger partial charge in [0.25, 0.3) is 0 Å². The second-order valence-electron chi connectivity index (χ2n) is 10.2. The van der Waals surface area contributed by atoms with E-state index in [1.54, 1.807) is 0 Å². The van der Waals surface area contributed by atoms with Crippen LogP contribution in [0.15, 0.2) is 28.7 Å². The Bertz CT molecular complexity index is 839. The van der Waals surface area contributed by atoms with E-state index in [0.717, 1.165) is 42.8 Å². The SMILES string of the molecule is CN1CCN(C(=O)C[C@H]2CN(C(=O)CN(C)C3CCCC3)CC[C@@H]2Oc2cccc(Br)c2)CC1. The number of rotatable bonds is 7. The average Bonchev–Trinajstić information content (AvgIpc) is 3.36. The molecule has 0 N–H and O–H groups in total. The van der Waals surface area contributed by atoms with Gasteiger partial charge in [-0.2, -0.15) is 0 Å². The zero-order valence-electron chi connectivity index (χ0n) is 20.6. The van der Waals surface area contributed by atoms with Crippen LogP contribution in [-0.2, 0) is 9.59 Å². The fourth-order valence-electron chi connectivity index (χ4n) is 5.50. The lowest BCUT2D eigenvalue weighted by molar-refractivity contribution is -0.140. The summed E-state index contributed by atoms with van der Waals surface area (Å²) in [6.07, 6.45) is 5.98. The van der Waals surface area contributed by atoms with Gasteiger partial charge >= 0.3 is 0 Å². The van der Waals surface area contributed by atoms with Crippen molar-refractivity contribution in [2.24, 2.45) is 5.92 Å². The molecule has 1 saturated carbocycles. The fraction of sp³-hybridized carbons (Fsp3) is 0.692. The van der Waals surface area contributed by atoms with Crippen molar-refractivity contribution in [2.75, 3.05) is 59.9 Å². The third kappa shape index (κ3) is 6.73. The van der Waals surface area contributed by atoms with Crippen LogP contribution in [0, 0.1) is 5.92 Å². The normalized spacial score (nSPS) is 24.6. The number of carbonyl (C=O) groups is 2. The van der Waals surface area contributed by atoms with Crippen LogP contribution in [0.1, 0.15) is 38.5 Å². The van der Waals surface area contributed by atoms with Gasteiger partial charge in [-0.3, -0.25) is 14.5 Å². The van der Waals surface area contributed by atoms with E-state index in [1.165, 1.54) is 25.7 Å². The molecule has 0 spiro atoms. The molecular formula is C26H39BrN4O3. The van der Waals surface area contributed by atoms with E-state index in [1.807, 2.05) is 34.1 Å². The molecule has 1 aromatic rings. The van der Waals surface area contributed by atoms with E-state index in [0.29, 0.717) is 32.1 Å². The van der Waals surface area contributed by atoms with Gasteiger partial charge in [0.1, 0.15) is 11.9 Å². The van der Waals surface area contributed by atoms with Crippen molar-refractivity contribution >= 4 is 27.7 Å². The van der Waals surface area contributed by atoms with Gasteiger partial charge < -0.3 is 19.4 Å². The van der Waals surface area contributed by atoms with Crippen molar-refractivity contribution in [2.45, 2.75) is 50.7 Å². The number of piperidine rings is 1. The number of hydrogen-bond donors (Lipinski definition) is 0. The molecule has 1 aromatic carbocycles. The van der Waals surface area contributed by atoms with Crippen molar-refractivity contribution in [3.63, 3.8) is 0 Å². The molecule has 2 heterocycles. The van der Waals surface area contributed by atoms with Gasteiger partial charge in [0, 0.05) is 68.5 Å². The zero-order chi connectivity index (χ0) is 24.1. The van der Waals surface area contributed by atoms with Gasteiger partial charge in [-0.05, 0) is 45.1 Å². The summed E-state index contributed by atoms with van der Waals surface area (Å²) in [5.74, 6) is 1.14. The predicted octanol–water partition coefficient (Wildman–Crippen LogP) is 3.08. The second kappa shape index (κ2) is 11.9. The molecule has 8 heteroatoms. The van der Waals surface area contributed by atoms with Crippen LogP contribution >= 0.6 is 15.9 Å². The molecular weight excluding hydrogens is 496 g/mol. The van der Waals surface area contributed by atoms with Gasteiger partial charge in [-0.15, -0.1) is 0 Å². The molecule has 3 fully saturated rings. The van der Waals surface area contributed by atoms with E-state index < -0.39 is 0 Å². The quantitative estimate of drug-likeness (QED) is 0.538. The summed E-state index contributed by atoms with van der Waals surface area (Å²) in [7, 11) is 4.17. The molecule has 4 rings (SSSR count). The van der Waals surface area contributed by atoms with Gasteiger partial charge in [0.15, 0.2) is 0 Å². The first kappa shape index (κ1) is 25.5. The lowest BCUT2D eigenvalue weighted by Crippen LogP contribution is -2.53. The highest BCUT2D eigenvalue weighted by atomic mass is 79.9.